The van der Waals surface area contributed by atoms with Crippen LogP contribution in [0.4, 0.5) is 5.69 Å². The number of nitrogens with zero attached hydrogens (tertiary/aromatic N) is 2. The second kappa shape index (κ2) is 8.29. The van der Waals surface area contributed by atoms with Gasteiger partial charge in [0.05, 0.1) is 5.03 Å². The molecule has 1 amide bonds. The van der Waals surface area contributed by atoms with E-state index in [-0.39, 0.29) is 10.9 Å². The SMILES string of the molecule is CSc1ccc(/C=C(\Cl)c2nnc(C(=O)Nc3ccccc3)s2)cc1. The highest BCUT2D eigenvalue weighted by molar-refractivity contribution is 7.98. The first-order valence-corrected chi connectivity index (χ1v) is 9.79. The number of carbonyl (C=O) groups excluding carboxylic acids is 1. The molecule has 25 heavy (non-hydrogen) atoms. The normalized spacial score (nSPS) is 11.4. The van der Waals surface area contributed by atoms with E-state index in [0.29, 0.717) is 15.7 Å². The van der Waals surface area contributed by atoms with Gasteiger partial charge in [-0.25, -0.2) is 0 Å². The maximum atomic E-state index is 12.2. The van der Waals surface area contributed by atoms with Crippen LogP contribution in [0.1, 0.15) is 20.4 Å². The number of benzene rings is 2. The smallest absolute Gasteiger partial charge is 0.286 e. The van der Waals surface area contributed by atoms with Crippen LogP contribution in [0.2, 0.25) is 0 Å². The van der Waals surface area contributed by atoms with Crippen molar-refractivity contribution in [3.63, 3.8) is 0 Å². The maximum absolute atomic E-state index is 12.2. The van der Waals surface area contributed by atoms with Crippen molar-refractivity contribution in [2.75, 3.05) is 11.6 Å². The Morgan fingerprint density at radius 1 is 1.08 bits per heavy atom. The Bertz CT molecular complexity index is 892. The van der Waals surface area contributed by atoms with Gasteiger partial charge in [0.2, 0.25) is 5.01 Å². The van der Waals surface area contributed by atoms with Crippen LogP contribution in [-0.2, 0) is 0 Å². The van der Waals surface area contributed by atoms with E-state index in [1.807, 2.05) is 66.9 Å². The number of amides is 1. The number of anilines is 1. The second-order valence-corrected chi connectivity index (χ2v) is 7.26. The zero-order valence-corrected chi connectivity index (χ0v) is 15.7. The van der Waals surface area contributed by atoms with Crippen molar-refractivity contribution in [2.24, 2.45) is 0 Å². The molecule has 0 aliphatic rings. The van der Waals surface area contributed by atoms with E-state index < -0.39 is 0 Å². The molecule has 0 aliphatic heterocycles. The van der Waals surface area contributed by atoms with Gasteiger partial charge in [-0.1, -0.05) is 53.3 Å². The minimum absolute atomic E-state index is 0.267. The van der Waals surface area contributed by atoms with Crippen LogP contribution >= 0.6 is 34.7 Å². The molecule has 3 aromatic rings. The summed E-state index contributed by atoms with van der Waals surface area (Å²) in [4.78, 5) is 13.4. The monoisotopic (exact) mass is 387 g/mol. The highest BCUT2D eigenvalue weighted by atomic mass is 35.5. The van der Waals surface area contributed by atoms with Crippen molar-refractivity contribution in [3.05, 3.63) is 70.2 Å². The molecule has 2 aromatic carbocycles. The van der Waals surface area contributed by atoms with Crippen molar-refractivity contribution in [1.82, 2.24) is 10.2 Å². The minimum atomic E-state index is -0.302. The van der Waals surface area contributed by atoms with E-state index in [4.69, 9.17) is 11.6 Å². The summed E-state index contributed by atoms with van der Waals surface area (Å²) >= 11 is 9.16. The lowest BCUT2D eigenvalue weighted by molar-refractivity contribution is 0.102. The molecule has 126 valence electrons. The summed E-state index contributed by atoms with van der Waals surface area (Å²) in [5.74, 6) is -0.302. The van der Waals surface area contributed by atoms with Crippen LogP contribution in [0.25, 0.3) is 11.1 Å². The topological polar surface area (TPSA) is 54.9 Å². The van der Waals surface area contributed by atoms with Crippen LogP contribution in [0.3, 0.4) is 0 Å². The third-order valence-corrected chi connectivity index (χ3v) is 5.36. The molecule has 0 fully saturated rings. The molecule has 7 heteroatoms. The lowest BCUT2D eigenvalue weighted by Crippen LogP contribution is -2.11. The average molecular weight is 388 g/mol. The zero-order chi connectivity index (χ0) is 17.6. The van der Waals surface area contributed by atoms with Gasteiger partial charge < -0.3 is 5.32 Å². The summed E-state index contributed by atoms with van der Waals surface area (Å²) in [6.45, 7) is 0. The van der Waals surface area contributed by atoms with Crippen LogP contribution < -0.4 is 5.32 Å². The number of hydrogen-bond acceptors (Lipinski definition) is 5. The van der Waals surface area contributed by atoms with Gasteiger partial charge in [-0.05, 0) is 42.2 Å². The van der Waals surface area contributed by atoms with E-state index in [2.05, 4.69) is 15.5 Å². The van der Waals surface area contributed by atoms with Crippen molar-refractivity contribution in [2.45, 2.75) is 4.90 Å². The number of halogens is 1. The summed E-state index contributed by atoms with van der Waals surface area (Å²) in [7, 11) is 0. The fraction of sp³-hybridized carbons (Fsp3) is 0.0556. The molecule has 1 aromatic heterocycles. The first kappa shape index (κ1) is 17.7. The number of nitrogens with one attached hydrogen (secondary N) is 1. The summed E-state index contributed by atoms with van der Waals surface area (Å²) in [6.07, 6.45) is 3.84. The Hall–Kier alpha value is -2.15. The molecule has 0 atom stereocenters. The summed E-state index contributed by atoms with van der Waals surface area (Å²) < 4.78 is 0. The van der Waals surface area contributed by atoms with Crippen LogP contribution in [0.5, 0.6) is 0 Å². The van der Waals surface area contributed by atoms with Crippen molar-refractivity contribution >= 4 is 57.4 Å². The molecule has 0 saturated heterocycles. The molecule has 0 aliphatic carbocycles. The zero-order valence-electron chi connectivity index (χ0n) is 13.3. The van der Waals surface area contributed by atoms with Gasteiger partial charge in [0, 0.05) is 10.6 Å². The molecule has 1 heterocycles. The van der Waals surface area contributed by atoms with Gasteiger partial charge in [0.1, 0.15) is 0 Å². The molecule has 4 nitrogen and oxygen atoms in total. The minimum Gasteiger partial charge on any atom is -0.320 e. The van der Waals surface area contributed by atoms with Crippen LogP contribution in [-0.4, -0.2) is 22.4 Å². The van der Waals surface area contributed by atoms with E-state index in [9.17, 15) is 4.79 Å². The van der Waals surface area contributed by atoms with Crippen LogP contribution in [0.15, 0.2) is 59.5 Å². The van der Waals surface area contributed by atoms with Gasteiger partial charge in [-0.3, -0.25) is 4.79 Å². The molecule has 3 rings (SSSR count). The largest absolute Gasteiger partial charge is 0.320 e. The second-order valence-electron chi connectivity index (χ2n) is 5.00. The number of aromatic nitrogens is 2. The molecular formula is C18H14ClN3OS2. The number of carbonyl (C=O) groups is 1. The quantitative estimate of drug-likeness (QED) is 0.607. The first-order valence-electron chi connectivity index (χ1n) is 7.37. The average Bonchev–Trinajstić information content (AvgIpc) is 3.14. The predicted octanol–water partition coefficient (Wildman–Crippen LogP) is 5.25. The Kier molecular flexibility index (Phi) is 5.86. The van der Waals surface area contributed by atoms with E-state index >= 15 is 0 Å². The first-order chi connectivity index (χ1) is 12.2. The van der Waals surface area contributed by atoms with Gasteiger partial charge in [0.15, 0.2) is 5.01 Å². The Labute approximate surface area is 159 Å². The van der Waals surface area contributed by atoms with E-state index in [0.717, 1.165) is 16.9 Å². The lowest BCUT2D eigenvalue weighted by Gasteiger charge is -2.00. The van der Waals surface area contributed by atoms with Gasteiger partial charge >= 0.3 is 0 Å². The third-order valence-electron chi connectivity index (χ3n) is 3.26. The van der Waals surface area contributed by atoms with Gasteiger partial charge in [-0.2, -0.15) is 0 Å². The molecule has 0 saturated carbocycles. The molecule has 0 spiro atoms. The number of hydrogen-bond donors (Lipinski definition) is 1. The number of thioether (sulfide) groups is 1. The summed E-state index contributed by atoms with van der Waals surface area (Å²) in [5.41, 5.74) is 1.67. The lowest BCUT2D eigenvalue weighted by atomic mass is 10.2. The predicted molar refractivity (Wildman–Crippen MR) is 106 cm³/mol. The Morgan fingerprint density at radius 3 is 2.44 bits per heavy atom. The Balaban J connectivity index is 1.73. The fourth-order valence-electron chi connectivity index (χ4n) is 2.03. The highest BCUT2D eigenvalue weighted by Crippen LogP contribution is 2.26. The van der Waals surface area contributed by atoms with Crippen molar-refractivity contribution in [3.8, 4) is 0 Å². The van der Waals surface area contributed by atoms with Crippen LogP contribution in [0, 0.1) is 0 Å². The highest BCUT2D eigenvalue weighted by Gasteiger charge is 2.14. The standard InChI is InChI=1S/C18H14ClN3OS2/c1-24-14-9-7-12(8-10-14)11-15(19)17-21-22-18(25-17)16(23)20-13-5-3-2-4-6-13/h2-11H,1H3,(H,20,23)/b15-11-. The third kappa shape index (κ3) is 4.69. The van der Waals surface area contributed by atoms with Crippen molar-refractivity contribution < 1.29 is 4.79 Å². The van der Waals surface area contributed by atoms with E-state index in [1.54, 1.807) is 11.8 Å². The maximum Gasteiger partial charge on any atom is 0.286 e. The summed E-state index contributed by atoms with van der Waals surface area (Å²) in [6, 6.07) is 17.2. The fourth-order valence-corrected chi connectivity index (χ4v) is 3.36. The Morgan fingerprint density at radius 2 is 1.76 bits per heavy atom. The number of rotatable bonds is 5. The van der Waals surface area contributed by atoms with Gasteiger partial charge in [0.25, 0.3) is 5.91 Å². The molecule has 1 N–H and O–H groups in total. The molecule has 0 unspecified atom stereocenters. The molecule has 0 bridgehead atoms. The molecule has 0 radical (unpaired) electrons. The number of para-hydroxylation sites is 1. The van der Waals surface area contributed by atoms with Gasteiger partial charge in [-0.15, -0.1) is 22.0 Å². The van der Waals surface area contributed by atoms with E-state index in [1.165, 1.54) is 4.90 Å². The molecular weight excluding hydrogens is 374 g/mol. The summed E-state index contributed by atoms with van der Waals surface area (Å²) in [5, 5.41) is 11.9. The van der Waals surface area contributed by atoms with Crippen molar-refractivity contribution in [1.29, 1.82) is 0 Å².